The number of ether oxygens (including phenoxy) is 1. The number of hydrogen-bond acceptors (Lipinski definition) is 3. The lowest BCUT2D eigenvalue weighted by atomic mass is 9.92. The Bertz CT molecular complexity index is 480. The number of carbonyl (C=O) groups excluding carboxylic acids is 1. The van der Waals surface area contributed by atoms with E-state index in [4.69, 9.17) is 4.74 Å². The Morgan fingerprint density at radius 1 is 1.32 bits per heavy atom. The zero-order chi connectivity index (χ0) is 15.9. The van der Waals surface area contributed by atoms with Crippen molar-refractivity contribution >= 4 is 5.91 Å². The Kier molecular flexibility index (Phi) is 6.25. The van der Waals surface area contributed by atoms with Gasteiger partial charge in [0, 0.05) is 26.2 Å². The third-order valence-corrected chi connectivity index (χ3v) is 4.19. The van der Waals surface area contributed by atoms with E-state index >= 15 is 0 Å². The molecular weight excluding hydrogens is 276 g/mol. The first-order chi connectivity index (χ1) is 10.6. The number of carbonyl (C=O) groups is 1. The molecule has 1 heterocycles. The molecule has 1 aromatic rings. The van der Waals surface area contributed by atoms with Gasteiger partial charge in [-0.15, -0.1) is 0 Å². The number of methoxy groups -OCH3 is 1. The minimum absolute atomic E-state index is 0.0753. The highest BCUT2D eigenvalue weighted by Gasteiger charge is 2.21. The van der Waals surface area contributed by atoms with Crippen molar-refractivity contribution in [1.82, 2.24) is 10.2 Å². The van der Waals surface area contributed by atoms with E-state index in [2.05, 4.69) is 24.1 Å². The number of benzene rings is 1. The van der Waals surface area contributed by atoms with Crippen LogP contribution in [-0.4, -0.2) is 44.1 Å². The van der Waals surface area contributed by atoms with Gasteiger partial charge in [0.2, 0.25) is 5.91 Å². The highest BCUT2D eigenvalue weighted by molar-refractivity contribution is 5.78. The van der Waals surface area contributed by atoms with E-state index in [1.165, 1.54) is 6.42 Å². The zero-order valence-corrected chi connectivity index (χ0v) is 14.0. The summed E-state index contributed by atoms with van der Waals surface area (Å²) in [6, 6.07) is 7.67. The third-order valence-electron chi connectivity index (χ3n) is 4.19. The average molecular weight is 304 g/mol. The first kappa shape index (κ1) is 16.8. The van der Waals surface area contributed by atoms with E-state index in [1.807, 2.05) is 24.3 Å². The third kappa shape index (κ3) is 5.34. The summed E-state index contributed by atoms with van der Waals surface area (Å²) in [5.74, 6) is 2.39. The Morgan fingerprint density at radius 2 is 2.05 bits per heavy atom. The van der Waals surface area contributed by atoms with Gasteiger partial charge in [0.1, 0.15) is 5.75 Å². The van der Waals surface area contributed by atoms with E-state index in [-0.39, 0.29) is 5.91 Å². The summed E-state index contributed by atoms with van der Waals surface area (Å²) in [6.45, 7) is 8.58. The number of hydrogen-bond donors (Lipinski definition) is 1. The van der Waals surface area contributed by atoms with Crippen LogP contribution in [-0.2, 0) is 11.2 Å². The van der Waals surface area contributed by atoms with Gasteiger partial charge in [0.15, 0.2) is 0 Å². The number of piperidine rings is 1. The lowest BCUT2D eigenvalue weighted by molar-refractivity contribution is -0.120. The molecule has 0 saturated carbocycles. The monoisotopic (exact) mass is 304 g/mol. The first-order valence-corrected chi connectivity index (χ1v) is 8.18. The van der Waals surface area contributed by atoms with Crippen LogP contribution in [0.25, 0.3) is 0 Å². The zero-order valence-electron chi connectivity index (χ0n) is 14.0. The van der Waals surface area contributed by atoms with Crippen molar-refractivity contribution in [3.63, 3.8) is 0 Å². The van der Waals surface area contributed by atoms with Crippen molar-refractivity contribution < 1.29 is 9.53 Å². The van der Waals surface area contributed by atoms with Crippen LogP contribution < -0.4 is 10.1 Å². The van der Waals surface area contributed by atoms with Crippen LogP contribution in [0, 0.1) is 11.8 Å². The minimum atomic E-state index is 0.0753. The van der Waals surface area contributed by atoms with Crippen LogP contribution in [0.2, 0.25) is 0 Å². The number of nitrogens with zero attached hydrogens (tertiary/aromatic N) is 1. The van der Waals surface area contributed by atoms with Crippen LogP contribution in [0.1, 0.15) is 25.8 Å². The summed E-state index contributed by atoms with van der Waals surface area (Å²) in [5, 5.41) is 3.02. The minimum Gasteiger partial charge on any atom is -0.497 e. The van der Waals surface area contributed by atoms with Gasteiger partial charge < -0.3 is 15.0 Å². The molecule has 0 aliphatic carbocycles. The Morgan fingerprint density at radius 3 is 2.73 bits per heavy atom. The molecule has 1 aliphatic rings. The maximum atomic E-state index is 12.0. The predicted octanol–water partition coefficient (Wildman–Crippen LogP) is 2.33. The molecule has 0 spiro atoms. The quantitative estimate of drug-likeness (QED) is 0.877. The van der Waals surface area contributed by atoms with E-state index in [0.717, 1.165) is 49.3 Å². The van der Waals surface area contributed by atoms with E-state index in [0.29, 0.717) is 6.42 Å². The van der Waals surface area contributed by atoms with Gasteiger partial charge in [0.25, 0.3) is 0 Å². The lowest BCUT2D eigenvalue weighted by Crippen LogP contribution is -2.43. The molecule has 1 aromatic carbocycles. The summed E-state index contributed by atoms with van der Waals surface area (Å²) in [6.07, 6.45) is 1.72. The van der Waals surface area contributed by atoms with Gasteiger partial charge in [-0.1, -0.05) is 26.0 Å². The molecule has 1 aliphatic heterocycles. The molecular formula is C18H28N2O2. The van der Waals surface area contributed by atoms with Crippen molar-refractivity contribution in [1.29, 1.82) is 0 Å². The Hall–Kier alpha value is -1.55. The van der Waals surface area contributed by atoms with Gasteiger partial charge in [-0.25, -0.2) is 0 Å². The van der Waals surface area contributed by atoms with Crippen LogP contribution >= 0.6 is 0 Å². The second kappa shape index (κ2) is 8.18. The summed E-state index contributed by atoms with van der Waals surface area (Å²) >= 11 is 0. The normalized spacial score (nSPS) is 22.3. The molecule has 2 rings (SSSR count). The second-order valence-corrected chi connectivity index (χ2v) is 6.58. The number of likely N-dealkylation sites (tertiary alicyclic amines) is 1. The van der Waals surface area contributed by atoms with Crippen molar-refractivity contribution in [2.75, 3.05) is 33.3 Å². The van der Waals surface area contributed by atoms with Gasteiger partial charge in [-0.3, -0.25) is 4.79 Å². The molecule has 22 heavy (non-hydrogen) atoms. The topological polar surface area (TPSA) is 41.6 Å². The smallest absolute Gasteiger partial charge is 0.224 e. The largest absolute Gasteiger partial charge is 0.497 e. The maximum absolute atomic E-state index is 12.0. The molecule has 1 amide bonds. The van der Waals surface area contributed by atoms with Gasteiger partial charge in [-0.05, 0) is 36.0 Å². The standard InChI is InChI=1S/C18H28N2O2/c1-14-9-15(2)13-20(12-14)8-7-19-18(21)11-16-5-4-6-17(10-16)22-3/h4-6,10,14-15H,7-9,11-13H2,1-3H3,(H,19,21)/t14-,15+. The van der Waals surface area contributed by atoms with Crippen LogP contribution in [0.15, 0.2) is 24.3 Å². The SMILES string of the molecule is COc1cccc(CC(=O)NCCN2C[C@H](C)C[C@H](C)C2)c1. The highest BCUT2D eigenvalue weighted by Crippen LogP contribution is 2.20. The Balaban J connectivity index is 1.71. The fraction of sp³-hybridized carbons (Fsp3) is 0.611. The van der Waals surface area contributed by atoms with Crippen molar-refractivity contribution in [3.05, 3.63) is 29.8 Å². The molecule has 4 nitrogen and oxygen atoms in total. The molecule has 1 saturated heterocycles. The number of nitrogens with one attached hydrogen (secondary N) is 1. The van der Waals surface area contributed by atoms with Crippen LogP contribution in [0.3, 0.4) is 0 Å². The van der Waals surface area contributed by atoms with Gasteiger partial charge >= 0.3 is 0 Å². The molecule has 0 unspecified atom stereocenters. The molecule has 0 aromatic heterocycles. The molecule has 1 fully saturated rings. The summed E-state index contributed by atoms with van der Waals surface area (Å²) in [4.78, 5) is 14.5. The molecule has 122 valence electrons. The molecule has 2 atom stereocenters. The van der Waals surface area contributed by atoms with Crippen LogP contribution in [0.4, 0.5) is 0 Å². The maximum Gasteiger partial charge on any atom is 0.224 e. The molecule has 0 bridgehead atoms. The molecule has 0 radical (unpaired) electrons. The molecule has 1 N–H and O–H groups in total. The molecule has 4 heteroatoms. The van der Waals surface area contributed by atoms with Crippen molar-refractivity contribution in [2.24, 2.45) is 11.8 Å². The summed E-state index contributed by atoms with van der Waals surface area (Å²) in [7, 11) is 1.64. The second-order valence-electron chi connectivity index (χ2n) is 6.58. The first-order valence-electron chi connectivity index (χ1n) is 8.18. The van der Waals surface area contributed by atoms with Crippen LogP contribution in [0.5, 0.6) is 5.75 Å². The summed E-state index contributed by atoms with van der Waals surface area (Å²) < 4.78 is 5.18. The summed E-state index contributed by atoms with van der Waals surface area (Å²) in [5.41, 5.74) is 0.983. The van der Waals surface area contributed by atoms with Gasteiger partial charge in [0.05, 0.1) is 13.5 Å². The van der Waals surface area contributed by atoms with E-state index < -0.39 is 0 Å². The lowest BCUT2D eigenvalue weighted by Gasteiger charge is -2.34. The van der Waals surface area contributed by atoms with E-state index in [1.54, 1.807) is 7.11 Å². The average Bonchev–Trinajstić information content (AvgIpc) is 2.46. The van der Waals surface area contributed by atoms with Gasteiger partial charge in [-0.2, -0.15) is 0 Å². The number of amides is 1. The van der Waals surface area contributed by atoms with E-state index in [9.17, 15) is 4.79 Å². The highest BCUT2D eigenvalue weighted by atomic mass is 16.5. The van der Waals surface area contributed by atoms with Crippen molar-refractivity contribution in [3.8, 4) is 5.75 Å². The van der Waals surface area contributed by atoms with Crippen molar-refractivity contribution in [2.45, 2.75) is 26.7 Å². The predicted molar refractivity (Wildman–Crippen MR) is 89.1 cm³/mol. The number of rotatable bonds is 6. The fourth-order valence-electron chi connectivity index (χ4n) is 3.36. The Labute approximate surface area is 133 Å². The fourth-order valence-corrected chi connectivity index (χ4v) is 3.36.